The third-order valence-electron chi connectivity index (χ3n) is 3.80. The van der Waals surface area contributed by atoms with Gasteiger partial charge in [-0.15, -0.1) is 0 Å². The summed E-state index contributed by atoms with van der Waals surface area (Å²) < 4.78 is 11.3. The number of carbonyl (C=O) groups excluding carboxylic acids is 1. The van der Waals surface area contributed by atoms with Crippen LogP contribution in [-0.2, 0) is 0 Å². The highest BCUT2D eigenvalue weighted by atomic mass is 35.5. The van der Waals surface area contributed by atoms with E-state index in [9.17, 15) is 4.79 Å². The van der Waals surface area contributed by atoms with Crippen LogP contribution < -0.4 is 9.47 Å². The van der Waals surface area contributed by atoms with E-state index in [1.165, 1.54) is 0 Å². The number of likely N-dealkylation sites (N-methyl/N-ethyl adjacent to an activating group) is 1. The minimum absolute atomic E-state index is 0.0111. The predicted molar refractivity (Wildman–Crippen MR) is 91.8 cm³/mol. The first-order chi connectivity index (χ1) is 11.1. The maximum absolute atomic E-state index is 12.7. The van der Waals surface area contributed by atoms with E-state index < -0.39 is 0 Å². The summed E-state index contributed by atoms with van der Waals surface area (Å²) in [6.07, 6.45) is 0.879. The molecule has 0 saturated carbocycles. The van der Waals surface area contributed by atoms with Crippen LogP contribution in [0.3, 0.4) is 0 Å². The van der Waals surface area contributed by atoms with Crippen molar-refractivity contribution in [2.45, 2.75) is 20.3 Å². The zero-order valence-electron chi connectivity index (χ0n) is 14.1. The Balaban J connectivity index is 2.23. The predicted octanol–water partition coefficient (Wildman–Crippen LogP) is 2.92. The number of hydrogen-bond donors (Lipinski definition) is 0. The minimum Gasteiger partial charge on any atom is -0.490 e. The van der Waals surface area contributed by atoms with Gasteiger partial charge in [-0.1, -0.05) is 18.5 Å². The third kappa shape index (κ3) is 4.52. The van der Waals surface area contributed by atoms with Crippen molar-refractivity contribution in [1.82, 2.24) is 9.80 Å². The number of nitrogens with zero attached hydrogens (tertiary/aromatic N) is 2. The molecule has 23 heavy (non-hydrogen) atoms. The van der Waals surface area contributed by atoms with Crippen molar-refractivity contribution in [3.8, 4) is 11.5 Å². The first-order valence-corrected chi connectivity index (χ1v) is 8.51. The maximum atomic E-state index is 12.7. The van der Waals surface area contributed by atoms with Crippen LogP contribution >= 0.6 is 11.6 Å². The number of benzene rings is 1. The van der Waals surface area contributed by atoms with Crippen molar-refractivity contribution in [3.05, 3.63) is 22.7 Å². The number of rotatable bonds is 6. The van der Waals surface area contributed by atoms with Gasteiger partial charge in [0.2, 0.25) is 0 Å². The molecule has 5 nitrogen and oxygen atoms in total. The lowest BCUT2D eigenvalue weighted by Crippen LogP contribution is -2.47. The Morgan fingerprint density at radius 2 is 1.87 bits per heavy atom. The van der Waals surface area contributed by atoms with E-state index in [0.29, 0.717) is 35.3 Å². The molecular weight excluding hydrogens is 316 g/mol. The van der Waals surface area contributed by atoms with Gasteiger partial charge in [-0.05, 0) is 32.5 Å². The van der Waals surface area contributed by atoms with Crippen LogP contribution in [0.5, 0.6) is 11.5 Å². The van der Waals surface area contributed by atoms with Gasteiger partial charge >= 0.3 is 0 Å². The summed E-state index contributed by atoms with van der Waals surface area (Å²) in [5.41, 5.74) is 0.548. The second-order valence-corrected chi connectivity index (χ2v) is 6.07. The van der Waals surface area contributed by atoms with E-state index in [1.54, 1.807) is 12.1 Å². The molecule has 1 saturated heterocycles. The molecule has 1 aliphatic rings. The molecule has 0 radical (unpaired) electrons. The van der Waals surface area contributed by atoms with E-state index >= 15 is 0 Å². The summed E-state index contributed by atoms with van der Waals surface area (Å²) in [5, 5.41) is 0.418. The molecule has 1 fully saturated rings. The molecule has 1 amide bonds. The van der Waals surface area contributed by atoms with E-state index in [2.05, 4.69) is 11.9 Å². The summed E-state index contributed by atoms with van der Waals surface area (Å²) in [4.78, 5) is 16.8. The molecule has 128 valence electrons. The topological polar surface area (TPSA) is 42.0 Å². The Labute approximate surface area is 143 Å². The van der Waals surface area contributed by atoms with Gasteiger partial charge in [-0.2, -0.15) is 0 Å². The molecule has 0 spiro atoms. The average Bonchev–Trinajstić information content (AvgIpc) is 2.54. The van der Waals surface area contributed by atoms with Crippen LogP contribution in [-0.4, -0.2) is 62.1 Å². The largest absolute Gasteiger partial charge is 0.490 e. The molecular formula is C17H25ClN2O3. The van der Waals surface area contributed by atoms with Crippen molar-refractivity contribution in [1.29, 1.82) is 0 Å². The second kappa shape index (κ2) is 8.41. The summed E-state index contributed by atoms with van der Waals surface area (Å²) in [7, 11) is 2.06. The molecule has 2 rings (SSSR count). The summed E-state index contributed by atoms with van der Waals surface area (Å²) >= 11 is 6.33. The van der Waals surface area contributed by atoms with Crippen LogP contribution in [0.25, 0.3) is 0 Å². The zero-order valence-corrected chi connectivity index (χ0v) is 14.9. The number of hydrogen-bond acceptors (Lipinski definition) is 4. The molecule has 0 aromatic heterocycles. The highest BCUT2D eigenvalue weighted by Gasteiger charge is 2.23. The molecule has 0 aliphatic carbocycles. The normalized spacial score (nSPS) is 15.6. The molecule has 1 aliphatic heterocycles. The van der Waals surface area contributed by atoms with Gasteiger partial charge in [-0.3, -0.25) is 4.79 Å². The first kappa shape index (κ1) is 17.9. The first-order valence-electron chi connectivity index (χ1n) is 8.13. The molecule has 1 aromatic carbocycles. The Morgan fingerprint density at radius 1 is 1.17 bits per heavy atom. The molecule has 0 N–H and O–H groups in total. The van der Waals surface area contributed by atoms with Gasteiger partial charge in [0.1, 0.15) is 0 Å². The van der Waals surface area contributed by atoms with E-state index in [-0.39, 0.29) is 5.91 Å². The van der Waals surface area contributed by atoms with Crippen molar-refractivity contribution in [2.75, 3.05) is 46.4 Å². The van der Waals surface area contributed by atoms with Gasteiger partial charge in [0.05, 0.1) is 18.2 Å². The average molecular weight is 341 g/mol. The number of piperazine rings is 1. The maximum Gasteiger partial charge on any atom is 0.254 e. The molecule has 1 heterocycles. The Morgan fingerprint density at radius 3 is 2.48 bits per heavy atom. The third-order valence-corrected chi connectivity index (χ3v) is 4.08. The van der Waals surface area contributed by atoms with Crippen molar-refractivity contribution in [2.24, 2.45) is 0 Å². The quantitative estimate of drug-likeness (QED) is 0.798. The fraction of sp³-hybridized carbons (Fsp3) is 0.588. The fourth-order valence-electron chi connectivity index (χ4n) is 2.49. The van der Waals surface area contributed by atoms with Crippen LogP contribution in [0, 0.1) is 0 Å². The van der Waals surface area contributed by atoms with Crippen molar-refractivity contribution in [3.63, 3.8) is 0 Å². The van der Waals surface area contributed by atoms with E-state index in [0.717, 1.165) is 32.6 Å². The SMILES string of the molecule is CCCOc1c(Cl)cc(C(=O)N2CCN(C)CC2)cc1OCC. The number of halogens is 1. The molecule has 6 heteroatoms. The zero-order chi connectivity index (χ0) is 16.8. The summed E-state index contributed by atoms with van der Waals surface area (Å²) in [6.45, 7) is 8.20. The lowest BCUT2D eigenvalue weighted by Gasteiger charge is -2.32. The van der Waals surface area contributed by atoms with Crippen molar-refractivity contribution >= 4 is 17.5 Å². The monoisotopic (exact) mass is 340 g/mol. The standard InChI is InChI=1S/C17H25ClN2O3/c1-4-10-23-16-14(18)11-13(12-15(16)22-5-2)17(21)20-8-6-19(3)7-9-20/h11-12H,4-10H2,1-3H3. The van der Waals surface area contributed by atoms with Gasteiger partial charge in [0.15, 0.2) is 11.5 Å². The van der Waals surface area contributed by atoms with Crippen molar-refractivity contribution < 1.29 is 14.3 Å². The molecule has 1 aromatic rings. The van der Waals surface area contributed by atoms with E-state index in [4.69, 9.17) is 21.1 Å². The summed E-state index contributed by atoms with van der Waals surface area (Å²) in [5.74, 6) is 1.04. The lowest BCUT2D eigenvalue weighted by atomic mass is 10.1. The fourth-order valence-corrected chi connectivity index (χ4v) is 2.76. The highest BCUT2D eigenvalue weighted by molar-refractivity contribution is 6.32. The van der Waals surface area contributed by atoms with Gasteiger partial charge < -0.3 is 19.3 Å². The van der Waals surface area contributed by atoms with Gasteiger partial charge in [-0.25, -0.2) is 0 Å². The van der Waals surface area contributed by atoms with Crippen LogP contribution in [0.1, 0.15) is 30.6 Å². The number of amides is 1. The molecule has 0 atom stereocenters. The minimum atomic E-state index is -0.0111. The highest BCUT2D eigenvalue weighted by Crippen LogP contribution is 2.37. The Hall–Kier alpha value is -1.46. The van der Waals surface area contributed by atoms with Crippen LogP contribution in [0.4, 0.5) is 0 Å². The van der Waals surface area contributed by atoms with E-state index in [1.807, 2.05) is 18.7 Å². The summed E-state index contributed by atoms with van der Waals surface area (Å²) in [6, 6.07) is 3.41. The molecule has 0 unspecified atom stereocenters. The van der Waals surface area contributed by atoms with Gasteiger partial charge in [0, 0.05) is 31.7 Å². The number of ether oxygens (including phenoxy) is 2. The Kier molecular flexibility index (Phi) is 6.54. The molecule has 0 bridgehead atoms. The smallest absolute Gasteiger partial charge is 0.254 e. The van der Waals surface area contributed by atoms with Gasteiger partial charge in [0.25, 0.3) is 5.91 Å². The van der Waals surface area contributed by atoms with Crippen LogP contribution in [0.2, 0.25) is 5.02 Å². The number of carbonyl (C=O) groups is 1. The van der Waals surface area contributed by atoms with Crippen LogP contribution in [0.15, 0.2) is 12.1 Å². The second-order valence-electron chi connectivity index (χ2n) is 5.66. The Bertz CT molecular complexity index is 543. The lowest BCUT2D eigenvalue weighted by molar-refractivity contribution is 0.0663.